The molecule has 5 heteroatoms. The van der Waals surface area contributed by atoms with Gasteiger partial charge in [-0.3, -0.25) is 4.68 Å². The maximum absolute atomic E-state index is 11.9. The van der Waals surface area contributed by atoms with E-state index < -0.39 is 11.2 Å². The van der Waals surface area contributed by atoms with E-state index in [0.717, 1.165) is 42.4 Å². The second-order valence-electron chi connectivity index (χ2n) is 13.5. The van der Waals surface area contributed by atoms with E-state index in [4.69, 9.17) is 0 Å². The maximum atomic E-state index is 11.9. The Kier molecular flexibility index (Phi) is 4.74. The fourth-order valence-electron chi connectivity index (χ4n) is 10.6. The zero-order valence-electron chi connectivity index (χ0n) is 20.7. The van der Waals surface area contributed by atoms with Crippen LogP contribution in [0.4, 0.5) is 0 Å². The van der Waals surface area contributed by atoms with E-state index in [0.29, 0.717) is 29.9 Å². The molecule has 0 unspecified atom stereocenters. The number of aromatic nitrogens is 2. The van der Waals surface area contributed by atoms with Crippen LogP contribution in [0.25, 0.3) is 0 Å². The van der Waals surface area contributed by atoms with E-state index in [1.165, 1.54) is 32.1 Å². The second kappa shape index (κ2) is 7.08. The lowest BCUT2D eigenvalue weighted by molar-refractivity contribution is -0.142. The highest BCUT2D eigenvalue weighted by atomic mass is 16.3. The summed E-state index contributed by atoms with van der Waals surface area (Å²) in [5, 5.41) is 36.2. The number of fused-ring (bicyclic) bond motifs is 7. The number of nitrogens with zero attached hydrogens (tertiary/aromatic N) is 3. The summed E-state index contributed by atoms with van der Waals surface area (Å²) in [5.74, 6) is 6.21. The average molecular weight is 452 g/mol. The van der Waals surface area contributed by atoms with Gasteiger partial charge in [-0.25, -0.2) is 0 Å². The van der Waals surface area contributed by atoms with Crippen LogP contribution in [0, 0.1) is 70.0 Å². The van der Waals surface area contributed by atoms with Gasteiger partial charge in [-0.15, -0.1) is 0 Å². The number of hydrogen-bond donors (Lipinski definition) is 2. The minimum Gasteiger partial charge on any atom is -0.390 e. The molecular formula is C28H41N3O2. The molecule has 2 N–H and O–H groups in total. The minimum atomic E-state index is -0.830. The monoisotopic (exact) mass is 451 g/mol. The van der Waals surface area contributed by atoms with Gasteiger partial charge in [0, 0.05) is 6.20 Å². The Morgan fingerprint density at radius 3 is 2.64 bits per heavy atom. The molecule has 180 valence electrons. The van der Waals surface area contributed by atoms with E-state index in [-0.39, 0.29) is 11.3 Å². The summed E-state index contributed by atoms with van der Waals surface area (Å²) in [4.78, 5) is 0. The van der Waals surface area contributed by atoms with E-state index in [1.807, 2.05) is 13.8 Å². The van der Waals surface area contributed by atoms with Gasteiger partial charge >= 0.3 is 0 Å². The average Bonchev–Trinajstić information content (AvgIpc) is 3.09. The molecule has 5 saturated carbocycles. The van der Waals surface area contributed by atoms with Gasteiger partial charge < -0.3 is 10.2 Å². The first kappa shape index (κ1) is 22.1. The number of hydrogen-bond acceptors (Lipinski definition) is 4. The fraction of sp³-hybridized carbons (Fsp3) is 0.857. The summed E-state index contributed by atoms with van der Waals surface area (Å²) in [7, 11) is 0. The summed E-state index contributed by atoms with van der Waals surface area (Å²) in [6.07, 6.45) is 11.7. The Hall–Kier alpha value is -1.38. The highest BCUT2D eigenvalue weighted by molar-refractivity contribution is 5.24. The standard InChI is InChI=1S/C28H41N3O2/c1-16-22-23(16)25(28(4,33)15-31-14-17(12-29)13-30-31)27(3)10-8-20-19-7-9-26(2,32)11-18(19)5-6-21(20)24(22)27/h13-14,16,18-25,32-33H,5-11,15H2,1-4H3/t16-,18+,19-,20+,21+,22+,23-,24+,25-,26+,27-,28+/m0/s1. The van der Waals surface area contributed by atoms with Crippen molar-refractivity contribution in [3.8, 4) is 6.07 Å². The van der Waals surface area contributed by atoms with Crippen LogP contribution < -0.4 is 0 Å². The molecule has 12 atom stereocenters. The summed E-state index contributed by atoms with van der Waals surface area (Å²) in [6.45, 7) is 9.48. The molecule has 5 aliphatic carbocycles. The van der Waals surface area contributed by atoms with Gasteiger partial charge in [0.05, 0.1) is 29.5 Å². The quantitative estimate of drug-likeness (QED) is 0.702. The van der Waals surface area contributed by atoms with Crippen LogP contribution >= 0.6 is 0 Å². The van der Waals surface area contributed by atoms with Crippen LogP contribution in [-0.4, -0.2) is 31.2 Å². The van der Waals surface area contributed by atoms with Crippen molar-refractivity contribution < 1.29 is 10.2 Å². The van der Waals surface area contributed by atoms with Crippen molar-refractivity contribution in [2.24, 2.45) is 58.7 Å². The summed E-state index contributed by atoms with van der Waals surface area (Å²) in [5.41, 5.74) is -0.543. The minimum absolute atomic E-state index is 0.185. The summed E-state index contributed by atoms with van der Waals surface area (Å²) in [6, 6.07) is 2.16. The molecule has 5 nitrogen and oxygen atoms in total. The molecule has 1 heterocycles. The van der Waals surface area contributed by atoms with Crippen LogP contribution in [0.1, 0.15) is 78.2 Å². The van der Waals surface area contributed by atoms with Crippen molar-refractivity contribution in [2.75, 3.05) is 0 Å². The van der Waals surface area contributed by atoms with Crippen LogP contribution in [0.5, 0.6) is 0 Å². The van der Waals surface area contributed by atoms with Gasteiger partial charge in [-0.05, 0) is 117 Å². The molecule has 0 radical (unpaired) electrons. The first-order valence-electron chi connectivity index (χ1n) is 13.4. The molecule has 5 aliphatic rings. The zero-order chi connectivity index (χ0) is 23.3. The topological polar surface area (TPSA) is 82.1 Å². The van der Waals surface area contributed by atoms with Crippen molar-refractivity contribution in [1.29, 1.82) is 5.26 Å². The smallest absolute Gasteiger partial charge is 0.102 e. The first-order valence-corrected chi connectivity index (χ1v) is 13.4. The van der Waals surface area contributed by atoms with Gasteiger partial charge in [0.2, 0.25) is 0 Å². The Labute approximate surface area is 198 Å². The normalized spacial score (nSPS) is 52.0. The highest BCUT2D eigenvalue weighted by Gasteiger charge is 2.75. The number of aliphatic hydroxyl groups is 2. The molecule has 0 amide bonds. The van der Waals surface area contributed by atoms with Gasteiger partial charge in [0.15, 0.2) is 0 Å². The number of rotatable bonds is 3. The van der Waals surface area contributed by atoms with Gasteiger partial charge in [-0.2, -0.15) is 10.4 Å². The van der Waals surface area contributed by atoms with Gasteiger partial charge in [0.1, 0.15) is 6.07 Å². The highest BCUT2D eigenvalue weighted by Crippen LogP contribution is 2.78. The van der Waals surface area contributed by atoms with Crippen molar-refractivity contribution in [1.82, 2.24) is 9.78 Å². The van der Waals surface area contributed by atoms with E-state index in [2.05, 4.69) is 25.0 Å². The third-order valence-corrected chi connectivity index (χ3v) is 11.5. The lowest BCUT2D eigenvalue weighted by Gasteiger charge is -2.59. The Bertz CT molecular complexity index is 976. The molecule has 1 aromatic heterocycles. The molecule has 0 spiro atoms. The first-order chi connectivity index (χ1) is 15.6. The maximum Gasteiger partial charge on any atom is 0.102 e. The van der Waals surface area contributed by atoms with Crippen LogP contribution in [0.2, 0.25) is 0 Å². The molecule has 1 aromatic rings. The van der Waals surface area contributed by atoms with Gasteiger partial charge in [-0.1, -0.05) is 13.8 Å². The largest absolute Gasteiger partial charge is 0.390 e. The predicted octanol–water partition coefficient (Wildman–Crippen LogP) is 4.63. The third-order valence-electron chi connectivity index (χ3n) is 11.5. The van der Waals surface area contributed by atoms with E-state index in [9.17, 15) is 15.5 Å². The Morgan fingerprint density at radius 2 is 1.91 bits per heavy atom. The second-order valence-corrected chi connectivity index (χ2v) is 13.5. The Morgan fingerprint density at radius 1 is 1.15 bits per heavy atom. The summed E-state index contributed by atoms with van der Waals surface area (Å²) >= 11 is 0. The lowest BCUT2D eigenvalue weighted by Crippen LogP contribution is -2.55. The van der Waals surface area contributed by atoms with Crippen molar-refractivity contribution in [3.05, 3.63) is 18.0 Å². The molecular weight excluding hydrogens is 410 g/mol. The lowest BCUT2D eigenvalue weighted by atomic mass is 9.47. The molecule has 0 aromatic carbocycles. The van der Waals surface area contributed by atoms with Crippen molar-refractivity contribution in [2.45, 2.75) is 90.4 Å². The molecule has 6 rings (SSSR count). The molecule has 33 heavy (non-hydrogen) atoms. The third kappa shape index (κ3) is 3.19. The van der Waals surface area contributed by atoms with E-state index in [1.54, 1.807) is 17.1 Å². The Balaban J connectivity index is 1.27. The van der Waals surface area contributed by atoms with Crippen LogP contribution in [0.3, 0.4) is 0 Å². The summed E-state index contributed by atoms with van der Waals surface area (Å²) < 4.78 is 1.78. The van der Waals surface area contributed by atoms with E-state index >= 15 is 0 Å². The molecule has 5 fully saturated rings. The fourth-order valence-corrected chi connectivity index (χ4v) is 10.6. The molecule has 0 bridgehead atoms. The van der Waals surface area contributed by atoms with Crippen LogP contribution in [-0.2, 0) is 6.54 Å². The van der Waals surface area contributed by atoms with Crippen molar-refractivity contribution in [3.63, 3.8) is 0 Å². The molecule has 0 aliphatic heterocycles. The van der Waals surface area contributed by atoms with Gasteiger partial charge in [0.25, 0.3) is 0 Å². The van der Waals surface area contributed by atoms with Crippen LogP contribution in [0.15, 0.2) is 12.4 Å². The molecule has 0 saturated heterocycles. The SMILES string of the molecule is C[C@H]1[C@@H]2[C@H]1[C@H]([C@](C)(O)Cn1cc(C#N)cn1)[C@@]1(C)CC[C@H]3[C@@H](CC[C@@H]4C[C@](C)(O)CC[C@@H]43)[C@H]21. The number of nitriles is 1. The predicted molar refractivity (Wildman–Crippen MR) is 126 cm³/mol. The van der Waals surface area contributed by atoms with Crippen molar-refractivity contribution >= 4 is 0 Å². The zero-order valence-corrected chi connectivity index (χ0v) is 20.7.